The molecule has 0 unspecified atom stereocenters. The third-order valence-electron chi connectivity index (χ3n) is 2.84. The lowest BCUT2D eigenvalue weighted by Crippen LogP contribution is -2.10. The molecule has 0 heterocycles. The van der Waals surface area contributed by atoms with Crippen molar-refractivity contribution >= 4 is 29.7 Å². The van der Waals surface area contributed by atoms with Crippen molar-refractivity contribution in [3.63, 3.8) is 0 Å². The van der Waals surface area contributed by atoms with Crippen molar-refractivity contribution in [3.8, 4) is 5.75 Å². The van der Waals surface area contributed by atoms with Crippen molar-refractivity contribution < 1.29 is 9.53 Å². The van der Waals surface area contributed by atoms with Crippen LogP contribution in [0.1, 0.15) is 21.5 Å². The number of halogens is 1. The molecule has 0 aliphatic rings. The molecule has 0 saturated carbocycles. The molecule has 2 rings (SSSR count). The highest BCUT2D eigenvalue weighted by Gasteiger charge is 2.05. The summed E-state index contributed by atoms with van der Waals surface area (Å²) in [5.41, 5.74) is 7.52. The summed E-state index contributed by atoms with van der Waals surface area (Å²) < 4.78 is 5.26. The van der Waals surface area contributed by atoms with Crippen molar-refractivity contribution in [3.05, 3.63) is 64.2 Å². The predicted octanol–water partition coefficient (Wildman–Crippen LogP) is 3.62. The van der Waals surface area contributed by atoms with E-state index in [9.17, 15) is 4.79 Å². The number of rotatable bonds is 4. The molecule has 2 N–H and O–H groups in total. The summed E-state index contributed by atoms with van der Waals surface area (Å²) in [6.45, 7) is 0. The number of hydrogen-bond donors (Lipinski definition) is 1. The molecule has 0 bridgehead atoms. The standard InChI is InChI=1S/C16H14ClNO2/c1-20-15-9-6-13(16(18)19)10-12(15)5-2-11-3-7-14(17)8-4-11/h2-10H,1H3,(H2,18,19)/b5-2+. The number of carbonyl (C=O) groups excluding carboxylic acids is 1. The number of ether oxygens (including phenoxy) is 1. The van der Waals surface area contributed by atoms with Gasteiger partial charge in [0, 0.05) is 16.1 Å². The van der Waals surface area contributed by atoms with E-state index in [1.54, 1.807) is 25.3 Å². The Balaban J connectivity index is 2.33. The van der Waals surface area contributed by atoms with E-state index >= 15 is 0 Å². The molecule has 0 radical (unpaired) electrons. The lowest BCUT2D eigenvalue weighted by Gasteiger charge is -2.06. The third kappa shape index (κ3) is 3.39. The molecule has 0 saturated heterocycles. The van der Waals surface area contributed by atoms with Gasteiger partial charge in [-0.1, -0.05) is 35.9 Å². The lowest BCUT2D eigenvalue weighted by molar-refractivity contribution is 0.1000. The Morgan fingerprint density at radius 2 is 1.85 bits per heavy atom. The fraction of sp³-hybridized carbons (Fsp3) is 0.0625. The van der Waals surface area contributed by atoms with Gasteiger partial charge in [0.15, 0.2) is 0 Å². The van der Waals surface area contributed by atoms with Crippen LogP contribution in [0.25, 0.3) is 12.2 Å². The first-order valence-electron chi connectivity index (χ1n) is 6.01. The van der Waals surface area contributed by atoms with Gasteiger partial charge in [0.1, 0.15) is 5.75 Å². The normalized spacial score (nSPS) is 10.7. The molecule has 0 aromatic heterocycles. The van der Waals surface area contributed by atoms with Gasteiger partial charge in [0.2, 0.25) is 5.91 Å². The van der Waals surface area contributed by atoms with E-state index < -0.39 is 5.91 Å². The van der Waals surface area contributed by atoms with Gasteiger partial charge in [-0.3, -0.25) is 4.79 Å². The van der Waals surface area contributed by atoms with Crippen molar-refractivity contribution in [1.29, 1.82) is 0 Å². The number of nitrogens with two attached hydrogens (primary N) is 1. The van der Waals surface area contributed by atoms with Crippen LogP contribution in [0.3, 0.4) is 0 Å². The molecule has 0 aliphatic heterocycles. The fourth-order valence-corrected chi connectivity index (χ4v) is 1.90. The smallest absolute Gasteiger partial charge is 0.248 e. The van der Waals surface area contributed by atoms with Gasteiger partial charge >= 0.3 is 0 Å². The minimum Gasteiger partial charge on any atom is -0.496 e. The van der Waals surface area contributed by atoms with Crippen molar-refractivity contribution in [2.45, 2.75) is 0 Å². The maximum atomic E-state index is 11.2. The van der Waals surface area contributed by atoms with E-state index in [0.717, 1.165) is 11.1 Å². The Bertz CT molecular complexity index is 648. The number of benzene rings is 2. The van der Waals surface area contributed by atoms with Gasteiger partial charge in [-0.25, -0.2) is 0 Å². The molecule has 3 nitrogen and oxygen atoms in total. The molecule has 2 aromatic carbocycles. The first-order chi connectivity index (χ1) is 9.60. The van der Waals surface area contributed by atoms with Gasteiger partial charge in [-0.2, -0.15) is 0 Å². The van der Waals surface area contributed by atoms with E-state index in [-0.39, 0.29) is 0 Å². The molecule has 1 amide bonds. The maximum absolute atomic E-state index is 11.2. The predicted molar refractivity (Wildman–Crippen MR) is 81.9 cm³/mol. The molecule has 0 spiro atoms. The number of amides is 1. The minimum atomic E-state index is -0.464. The summed E-state index contributed by atoms with van der Waals surface area (Å²) in [5.74, 6) is 0.217. The van der Waals surface area contributed by atoms with Crippen LogP contribution in [-0.4, -0.2) is 13.0 Å². The summed E-state index contributed by atoms with van der Waals surface area (Å²) in [4.78, 5) is 11.2. The zero-order chi connectivity index (χ0) is 14.5. The Hall–Kier alpha value is -2.26. The van der Waals surface area contributed by atoms with E-state index in [0.29, 0.717) is 16.3 Å². The molecule has 20 heavy (non-hydrogen) atoms. The van der Waals surface area contributed by atoms with E-state index in [1.807, 2.05) is 36.4 Å². The molecule has 0 atom stereocenters. The second-order valence-corrected chi connectivity index (χ2v) is 4.64. The van der Waals surface area contributed by atoms with Crippen LogP contribution in [-0.2, 0) is 0 Å². The second kappa shape index (κ2) is 6.26. The van der Waals surface area contributed by atoms with E-state index in [2.05, 4.69) is 0 Å². The Labute approximate surface area is 122 Å². The van der Waals surface area contributed by atoms with Crippen LogP contribution in [0, 0.1) is 0 Å². The SMILES string of the molecule is COc1ccc(C(N)=O)cc1/C=C/c1ccc(Cl)cc1. The highest BCUT2D eigenvalue weighted by Crippen LogP contribution is 2.22. The van der Waals surface area contributed by atoms with Crippen LogP contribution in [0.2, 0.25) is 5.02 Å². The second-order valence-electron chi connectivity index (χ2n) is 4.21. The van der Waals surface area contributed by atoms with Gasteiger partial charge in [0.25, 0.3) is 0 Å². The summed E-state index contributed by atoms with van der Waals surface area (Å²) in [7, 11) is 1.58. The first kappa shape index (κ1) is 14.2. The van der Waals surface area contributed by atoms with Crippen LogP contribution in [0.5, 0.6) is 5.75 Å². The summed E-state index contributed by atoms with van der Waals surface area (Å²) in [5, 5.41) is 0.690. The highest BCUT2D eigenvalue weighted by atomic mass is 35.5. The van der Waals surface area contributed by atoms with Crippen LogP contribution in [0.4, 0.5) is 0 Å². The minimum absolute atomic E-state index is 0.446. The average molecular weight is 288 g/mol. The summed E-state index contributed by atoms with van der Waals surface area (Å²) >= 11 is 5.84. The van der Waals surface area contributed by atoms with Crippen molar-refractivity contribution in [2.75, 3.05) is 7.11 Å². The van der Waals surface area contributed by atoms with Gasteiger partial charge in [0.05, 0.1) is 7.11 Å². The average Bonchev–Trinajstić information content (AvgIpc) is 2.46. The monoisotopic (exact) mass is 287 g/mol. The molecular weight excluding hydrogens is 274 g/mol. The molecule has 0 aliphatic carbocycles. The topological polar surface area (TPSA) is 52.3 Å². The summed E-state index contributed by atoms with van der Waals surface area (Å²) in [6.07, 6.45) is 3.79. The molecule has 0 fully saturated rings. The number of hydrogen-bond acceptors (Lipinski definition) is 2. The highest BCUT2D eigenvalue weighted by molar-refractivity contribution is 6.30. The zero-order valence-corrected chi connectivity index (χ0v) is 11.7. The van der Waals surface area contributed by atoms with Crippen molar-refractivity contribution in [2.24, 2.45) is 5.73 Å². The number of primary amides is 1. The Morgan fingerprint density at radius 3 is 2.45 bits per heavy atom. The Morgan fingerprint density at radius 1 is 1.15 bits per heavy atom. The molecular formula is C16H14ClNO2. The summed E-state index contributed by atoms with van der Waals surface area (Å²) in [6, 6.07) is 12.5. The molecule has 2 aromatic rings. The largest absolute Gasteiger partial charge is 0.496 e. The fourth-order valence-electron chi connectivity index (χ4n) is 1.78. The lowest BCUT2D eigenvalue weighted by atomic mass is 10.1. The number of carbonyl (C=O) groups is 1. The van der Waals surface area contributed by atoms with Gasteiger partial charge < -0.3 is 10.5 Å². The third-order valence-corrected chi connectivity index (χ3v) is 3.09. The van der Waals surface area contributed by atoms with Crippen LogP contribution >= 0.6 is 11.6 Å². The number of methoxy groups -OCH3 is 1. The van der Waals surface area contributed by atoms with Crippen LogP contribution in [0.15, 0.2) is 42.5 Å². The quantitative estimate of drug-likeness (QED) is 0.873. The van der Waals surface area contributed by atoms with Crippen LogP contribution < -0.4 is 10.5 Å². The van der Waals surface area contributed by atoms with Gasteiger partial charge in [-0.05, 0) is 35.9 Å². The zero-order valence-electron chi connectivity index (χ0n) is 11.0. The Kier molecular flexibility index (Phi) is 4.43. The molecule has 4 heteroatoms. The maximum Gasteiger partial charge on any atom is 0.248 e. The first-order valence-corrected chi connectivity index (χ1v) is 6.39. The van der Waals surface area contributed by atoms with Crippen molar-refractivity contribution in [1.82, 2.24) is 0 Å². The van der Waals surface area contributed by atoms with E-state index in [4.69, 9.17) is 22.1 Å². The van der Waals surface area contributed by atoms with Gasteiger partial charge in [-0.15, -0.1) is 0 Å². The molecule has 102 valence electrons. The van der Waals surface area contributed by atoms with E-state index in [1.165, 1.54) is 0 Å².